The van der Waals surface area contributed by atoms with Crippen LogP contribution in [0.4, 0.5) is 0 Å². The quantitative estimate of drug-likeness (QED) is 0.805. The van der Waals surface area contributed by atoms with Crippen molar-refractivity contribution in [3.05, 3.63) is 0 Å². The van der Waals surface area contributed by atoms with Gasteiger partial charge in [-0.15, -0.1) is 0 Å². The lowest BCUT2D eigenvalue weighted by Crippen LogP contribution is -2.44. The molecule has 3 atom stereocenters. The van der Waals surface area contributed by atoms with E-state index in [9.17, 15) is 5.26 Å². The van der Waals surface area contributed by atoms with Gasteiger partial charge in [0.05, 0.1) is 12.2 Å². The highest BCUT2D eigenvalue weighted by atomic mass is 16.5. The van der Waals surface area contributed by atoms with E-state index in [1.54, 1.807) is 0 Å². The number of nitriles is 1. The van der Waals surface area contributed by atoms with Crippen LogP contribution >= 0.6 is 0 Å². The van der Waals surface area contributed by atoms with Gasteiger partial charge in [-0.05, 0) is 45.7 Å². The van der Waals surface area contributed by atoms with Crippen LogP contribution in [0, 0.1) is 11.3 Å². The summed E-state index contributed by atoms with van der Waals surface area (Å²) >= 11 is 0. The average molecular weight is 251 g/mol. The zero-order valence-electron chi connectivity index (χ0n) is 11.6. The Morgan fingerprint density at radius 3 is 2.94 bits per heavy atom. The van der Waals surface area contributed by atoms with Crippen molar-refractivity contribution in [2.24, 2.45) is 0 Å². The van der Waals surface area contributed by atoms with Crippen LogP contribution in [0.2, 0.25) is 0 Å². The molecular weight excluding hydrogens is 226 g/mol. The SMILES string of the molecule is CCNC1(C#N)CCC(N(C)CC2CCCO2)C1. The minimum atomic E-state index is -0.287. The van der Waals surface area contributed by atoms with Gasteiger partial charge in [0.25, 0.3) is 0 Å². The average Bonchev–Trinajstić information content (AvgIpc) is 2.99. The number of nitrogens with one attached hydrogen (secondary N) is 1. The van der Waals surface area contributed by atoms with Crippen LogP contribution in [0.15, 0.2) is 0 Å². The Bertz CT molecular complexity index is 309. The Hall–Kier alpha value is -0.630. The van der Waals surface area contributed by atoms with Crippen molar-refractivity contribution in [3.8, 4) is 6.07 Å². The highest BCUT2D eigenvalue weighted by Crippen LogP contribution is 2.32. The molecule has 3 unspecified atom stereocenters. The summed E-state index contributed by atoms with van der Waals surface area (Å²) in [6.45, 7) is 4.87. The van der Waals surface area contributed by atoms with Gasteiger partial charge in [0.2, 0.25) is 0 Å². The van der Waals surface area contributed by atoms with Gasteiger partial charge < -0.3 is 9.64 Å². The first kappa shape index (κ1) is 13.8. The van der Waals surface area contributed by atoms with E-state index in [2.05, 4.69) is 30.3 Å². The van der Waals surface area contributed by atoms with Gasteiger partial charge in [-0.2, -0.15) is 5.26 Å². The Kier molecular flexibility index (Phi) is 4.60. The third-order valence-electron chi connectivity index (χ3n) is 4.36. The van der Waals surface area contributed by atoms with Gasteiger partial charge in [-0.25, -0.2) is 0 Å². The first-order valence-corrected chi connectivity index (χ1v) is 7.17. The zero-order chi connectivity index (χ0) is 13.0. The van der Waals surface area contributed by atoms with Gasteiger partial charge in [0.1, 0.15) is 5.54 Å². The van der Waals surface area contributed by atoms with Gasteiger partial charge >= 0.3 is 0 Å². The molecule has 1 saturated heterocycles. The number of hydrogen-bond acceptors (Lipinski definition) is 4. The summed E-state index contributed by atoms with van der Waals surface area (Å²) in [5, 5.41) is 12.7. The first-order chi connectivity index (χ1) is 8.69. The molecule has 1 aliphatic heterocycles. The summed E-state index contributed by atoms with van der Waals surface area (Å²) in [5.74, 6) is 0. The molecule has 4 heteroatoms. The van der Waals surface area contributed by atoms with Crippen LogP contribution in [0.3, 0.4) is 0 Å². The molecular formula is C14H25N3O. The van der Waals surface area contributed by atoms with E-state index in [1.165, 1.54) is 12.8 Å². The second-order valence-corrected chi connectivity index (χ2v) is 5.70. The molecule has 0 aromatic rings. The summed E-state index contributed by atoms with van der Waals surface area (Å²) in [5.41, 5.74) is -0.287. The Balaban J connectivity index is 1.85. The predicted octanol–water partition coefficient (Wildman–Crippen LogP) is 1.52. The molecule has 2 aliphatic rings. The normalized spacial score (nSPS) is 36.1. The molecule has 18 heavy (non-hydrogen) atoms. The molecule has 4 nitrogen and oxygen atoms in total. The maximum absolute atomic E-state index is 9.38. The molecule has 0 amide bonds. The van der Waals surface area contributed by atoms with Crippen LogP contribution in [-0.4, -0.2) is 49.3 Å². The van der Waals surface area contributed by atoms with E-state index in [-0.39, 0.29) is 5.54 Å². The highest BCUT2D eigenvalue weighted by molar-refractivity contribution is 5.13. The third kappa shape index (κ3) is 3.03. The second kappa shape index (κ2) is 6.01. The Morgan fingerprint density at radius 1 is 1.50 bits per heavy atom. The molecule has 2 rings (SSSR count). The molecule has 1 saturated carbocycles. The molecule has 1 heterocycles. The monoisotopic (exact) mass is 251 g/mol. The van der Waals surface area contributed by atoms with Crippen molar-refractivity contribution in [2.45, 2.75) is 56.7 Å². The fourth-order valence-electron chi connectivity index (χ4n) is 3.29. The van der Waals surface area contributed by atoms with Crippen LogP contribution in [-0.2, 0) is 4.74 Å². The number of ether oxygens (including phenoxy) is 1. The predicted molar refractivity (Wildman–Crippen MR) is 71.3 cm³/mol. The number of rotatable bonds is 5. The van der Waals surface area contributed by atoms with E-state index in [0.29, 0.717) is 12.1 Å². The van der Waals surface area contributed by atoms with Crippen LogP contribution in [0.25, 0.3) is 0 Å². The molecule has 1 N–H and O–H groups in total. The smallest absolute Gasteiger partial charge is 0.108 e. The Morgan fingerprint density at radius 2 is 2.33 bits per heavy atom. The molecule has 0 radical (unpaired) electrons. The maximum Gasteiger partial charge on any atom is 0.108 e. The molecule has 0 spiro atoms. The molecule has 102 valence electrons. The van der Waals surface area contributed by atoms with Crippen LogP contribution in [0.5, 0.6) is 0 Å². The molecule has 1 aliphatic carbocycles. The van der Waals surface area contributed by atoms with Gasteiger partial charge in [0.15, 0.2) is 0 Å². The van der Waals surface area contributed by atoms with Crippen molar-refractivity contribution >= 4 is 0 Å². The Labute approximate surface area is 110 Å². The molecule has 0 aromatic carbocycles. The van der Waals surface area contributed by atoms with Crippen LogP contribution in [0.1, 0.15) is 39.0 Å². The van der Waals surface area contributed by atoms with Crippen LogP contribution < -0.4 is 5.32 Å². The molecule has 0 bridgehead atoms. The highest BCUT2D eigenvalue weighted by Gasteiger charge is 2.40. The summed E-state index contributed by atoms with van der Waals surface area (Å²) < 4.78 is 5.69. The minimum Gasteiger partial charge on any atom is -0.377 e. The summed E-state index contributed by atoms with van der Waals surface area (Å²) in [6.07, 6.45) is 5.82. The number of hydrogen-bond donors (Lipinski definition) is 1. The topological polar surface area (TPSA) is 48.3 Å². The van der Waals surface area contributed by atoms with E-state index in [0.717, 1.165) is 39.0 Å². The van der Waals surface area contributed by atoms with E-state index in [4.69, 9.17) is 4.74 Å². The van der Waals surface area contributed by atoms with Crippen molar-refractivity contribution in [1.82, 2.24) is 10.2 Å². The van der Waals surface area contributed by atoms with E-state index < -0.39 is 0 Å². The van der Waals surface area contributed by atoms with Crippen molar-refractivity contribution in [1.29, 1.82) is 5.26 Å². The van der Waals surface area contributed by atoms with Crippen molar-refractivity contribution < 1.29 is 4.74 Å². The summed E-state index contributed by atoms with van der Waals surface area (Å²) in [7, 11) is 2.17. The lowest BCUT2D eigenvalue weighted by molar-refractivity contribution is 0.0680. The van der Waals surface area contributed by atoms with E-state index in [1.807, 2.05) is 0 Å². The fourth-order valence-corrected chi connectivity index (χ4v) is 3.29. The second-order valence-electron chi connectivity index (χ2n) is 5.70. The van der Waals surface area contributed by atoms with Gasteiger partial charge in [-0.3, -0.25) is 5.32 Å². The van der Waals surface area contributed by atoms with E-state index >= 15 is 0 Å². The lowest BCUT2D eigenvalue weighted by atomic mass is 9.99. The maximum atomic E-state index is 9.38. The third-order valence-corrected chi connectivity index (χ3v) is 4.36. The van der Waals surface area contributed by atoms with Crippen molar-refractivity contribution in [3.63, 3.8) is 0 Å². The summed E-state index contributed by atoms with van der Waals surface area (Å²) in [6, 6.07) is 3.01. The van der Waals surface area contributed by atoms with Crippen molar-refractivity contribution in [2.75, 3.05) is 26.7 Å². The lowest BCUT2D eigenvalue weighted by Gasteiger charge is -2.28. The zero-order valence-corrected chi connectivity index (χ0v) is 11.6. The first-order valence-electron chi connectivity index (χ1n) is 7.17. The fraction of sp³-hybridized carbons (Fsp3) is 0.929. The minimum absolute atomic E-state index is 0.287. The largest absolute Gasteiger partial charge is 0.377 e. The van der Waals surface area contributed by atoms with Gasteiger partial charge in [-0.1, -0.05) is 6.92 Å². The summed E-state index contributed by atoms with van der Waals surface area (Å²) in [4.78, 5) is 2.40. The number of nitrogens with zero attached hydrogens (tertiary/aromatic N) is 2. The van der Waals surface area contributed by atoms with Gasteiger partial charge in [0, 0.05) is 19.2 Å². The number of likely N-dealkylation sites (N-methyl/N-ethyl adjacent to an activating group) is 1. The molecule has 0 aromatic heterocycles. The molecule has 2 fully saturated rings. The standard InChI is InChI=1S/C14H25N3O/c1-3-16-14(11-15)7-6-12(9-14)17(2)10-13-5-4-8-18-13/h12-13,16H,3-10H2,1-2H3.